The molecule has 1 fully saturated rings. The summed E-state index contributed by atoms with van der Waals surface area (Å²) < 4.78 is 12.9. The van der Waals surface area contributed by atoms with Crippen LogP contribution in [-0.4, -0.2) is 35.4 Å². The summed E-state index contributed by atoms with van der Waals surface area (Å²) in [5, 5.41) is 0. The highest BCUT2D eigenvalue weighted by atomic mass is 32.2. The number of piperidine rings is 1. The van der Waals surface area contributed by atoms with Crippen molar-refractivity contribution in [2.24, 2.45) is 5.92 Å². The molecule has 1 aliphatic heterocycles. The van der Waals surface area contributed by atoms with Crippen molar-refractivity contribution >= 4 is 23.5 Å². The fourth-order valence-corrected chi connectivity index (χ4v) is 4.02. The molecule has 1 heterocycles. The fraction of sp³-hybridized carbons (Fsp3) is 0.333. The normalized spacial score (nSPS) is 15.0. The summed E-state index contributed by atoms with van der Waals surface area (Å²) in [4.78, 5) is 27.7. The molecular formula is C21H22FNO2S. The van der Waals surface area contributed by atoms with E-state index in [1.54, 1.807) is 23.9 Å². The maximum atomic E-state index is 12.9. The molecule has 0 bridgehead atoms. The number of likely N-dealkylation sites (tertiary alicyclic amines) is 1. The lowest BCUT2D eigenvalue weighted by atomic mass is 9.89. The molecule has 0 unspecified atom stereocenters. The second-order valence-corrected chi connectivity index (χ2v) is 7.61. The number of amides is 1. The van der Waals surface area contributed by atoms with Gasteiger partial charge in [0.05, 0.1) is 0 Å². The van der Waals surface area contributed by atoms with Crippen molar-refractivity contribution in [1.82, 2.24) is 4.90 Å². The van der Waals surface area contributed by atoms with Crippen molar-refractivity contribution in [2.45, 2.75) is 24.2 Å². The van der Waals surface area contributed by atoms with E-state index in [9.17, 15) is 14.0 Å². The summed E-state index contributed by atoms with van der Waals surface area (Å²) in [6.07, 6.45) is 1.91. The molecule has 2 aromatic rings. The van der Waals surface area contributed by atoms with Gasteiger partial charge in [0.15, 0.2) is 5.78 Å². The first-order valence-electron chi connectivity index (χ1n) is 8.89. The Balaban J connectivity index is 1.42. The third-order valence-electron chi connectivity index (χ3n) is 4.68. The molecule has 136 valence electrons. The standard InChI is InChI=1S/C21H22FNO2S/c22-18-6-8-19(9-7-18)26-15-12-20(24)23-13-10-17(11-14-23)21(25)16-4-2-1-3-5-16/h1-9,17H,10-15H2. The molecule has 0 aromatic heterocycles. The number of ketones is 1. The van der Waals surface area contributed by atoms with E-state index in [0.717, 1.165) is 23.3 Å². The van der Waals surface area contributed by atoms with Crippen molar-refractivity contribution in [1.29, 1.82) is 0 Å². The quantitative estimate of drug-likeness (QED) is 0.557. The number of carbonyl (C=O) groups is 2. The lowest BCUT2D eigenvalue weighted by Crippen LogP contribution is -2.40. The van der Waals surface area contributed by atoms with Crippen LogP contribution < -0.4 is 0 Å². The van der Waals surface area contributed by atoms with Crippen LogP contribution >= 0.6 is 11.8 Å². The van der Waals surface area contributed by atoms with Crippen molar-refractivity contribution in [3.63, 3.8) is 0 Å². The molecule has 3 nitrogen and oxygen atoms in total. The van der Waals surface area contributed by atoms with Crippen LogP contribution in [0.15, 0.2) is 59.5 Å². The van der Waals surface area contributed by atoms with Crippen LogP contribution in [0.2, 0.25) is 0 Å². The maximum absolute atomic E-state index is 12.9. The number of halogens is 1. The number of thioether (sulfide) groups is 1. The Labute approximate surface area is 157 Å². The lowest BCUT2D eigenvalue weighted by molar-refractivity contribution is -0.131. The van der Waals surface area contributed by atoms with Gasteiger partial charge in [-0.1, -0.05) is 30.3 Å². The summed E-state index contributed by atoms with van der Waals surface area (Å²) in [5.41, 5.74) is 0.757. The van der Waals surface area contributed by atoms with E-state index in [1.807, 2.05) is 35.2 Å². The van der Waals surface area contributed by atoms with Crippen LogP contribution in [0.5, 0.6) is 0 Å². The van der Waals surface area contributed by atoms with Gasteiger partial charge < -0.3 is 4.90 Å². The first-order valence-corrected chi connectivity index (χ1v) is 9.87. The van der Waals surface area contributed by atoms with Crippen LogP contribution in [0.3, 0.4) is 0 Å². The van der Waals surface area contributed by atoms with Gasteiger partial charge in [0, 0.05) is 41.6 Å². The van der Waals surface area contributed by atoms with Crippen molar-refractivity contribution in [3.8, 4) is 0 Å². The molecule has 2 aromatic carbocycles. The van der Waals surface area contributed by atoms with Gasteiger partial charge >= 0.3 is 0 Å². The van der Waals surface area contributed by atoms with Crippen LogP contribution in [0.1, 0.15) is 29.6 Å². The molecule has 3 rings (SSSR count). The molecule has 1 aliphatic rings. The van der Waals surface area contributed by atoms with Gasteiger partial charge in [-0.3, -0.25) is 9.59 Å². The zero-order valence-electron chi connectivity index (χ0n) is 14.6. The van der Waals surface area contributed by atoms with E-state index >= 15 is 0 Å². The van der Waals surface area contributed by atoms with E-state index < -0.39 is 0 Å². The molecule has 0 radical (unpaired) electrons. The summed E-state index contributed by atoms with van der Waals surface area (Å²) in [6.45, 7) is 1.28. The van der Waals surface area contributed by atoms with Crippen molar-refractivity contribution < 1.29 is 14.0 Å². The predicted octanol–water partition coefficient (Wildman–Crippen LogP) is 4.43. The zero-order valence-corrected chi connectivity index (χ0v) is 15.4. The Morgan fingerprint density at radius 1 is 1.00 bits per heavy atom. The topological polar surface area (TPSA) is 37.4 Å². The van der Waals surface area contributed by atoms with E-state index in [0.29, 0.717) is 25.3 Å². The summed E-state index contributed by atoms with van der Waals surface area (Å²) in [6, 6.07) is 15.7. The average molecular weight is 371 g/mol. The highest BCUT2D eigenvalue weighted by Crippen LogP contribution is 2.23. The van der Waals surface area contributed by atoms with Gasteiger partial charge in [0.25, 0.3) is 0 Å². The Morgan fingerprint density at radius 2 is 1.65 bits per heavy atom. The maximum Gasteiger partial charge on any atom is 0.223 e. The molecule has 26 heavy (non-hydrogen) atoms. The number of rotatable bonds is 6. The minimum atomic E-state index is -0.252. The second kappa shape index (κ2) is 8.99. The third kappa shape index (κ3) is 4.94. The van der Waals surface area contributed by atoms with Gasteiger partial charge in [-0.05, 0) is 37.1 Å². The molecule has 0 saturated carbocycles. The fourth-order valence-electron chi connectivity index (χ4n) is 3.17. The highest BCUT2D eigenvalue weighted by Gasteiger charge is 2.27. The molecule has 1 saturated heterocycles. The van der Waals surface area contributed by atoms with Crippen molar-refractivity contribution in [3.05, 3.63) is 66.0 Å². The summed E-state index contributed by atoms with van der Waals surface area (Å²) >= 11 is 1.56. The van der Waals surface area contributed by atoms with Gasteiger partial charge in [-0.25, -0.2) is 4.39 Å². The first-order chi connectivity index (χ1) is 12.6. The SMILES string of the molecule is O=C(c1ccccc1)C1CCN(C(=O)CCSc2ccc(F)cc2)CC1. The minimum Gasteiger partial charge on any atom is -0.343 e. The predicted molar refractivity (Wildman–Crippen MR) is 102 cm³/mol. The van der Waals surface area contributed by atoms with E-state index in [-0.39, 0.29) is 23.4 Å². The van der Waals surface area contributed by atoms with Crippen LogP contribution in [0.25, 0.3) is 0 Å². The van der Waals surface area contributed by atoms with Gasteiger partial charge in [0.1, 0.15) is 5.82 Å². The number of benzene rings is 2. The number of Topliss-reactive ketones (excluding diaryl/α,β-unsaturated/α-hetero) is 1. The van der Waals surface area contributed by atoms with Crippen molar-refractivity contribution in [2.75, 3.05) is 18.8 Å². The van der Waals surface area contributed by atoms with Gasteiger partial charge in [-0.15, -0.1) is 11.8 Å². The molecule has 0 atom stereocenters. The molecular weight excluding hydrogens is 349 g/mol. The van der Waals surface area contributed by atoms with Gasteiger partial charge in [-0.2, -0.15) is 0 Å². The largest absolute Gasteiger partial charge is 0.343 e. The minimum absolute atomic E-state index is 0.00930. The number of hydrogen-bond acceptors (Lipinski definition) is 3. The highest BCUT2D eigenvalue weighted by molar-refractivity contribution is 7.99. The Bertz CT molecular complexity index is 740. The summed E-state index contributed by atoms with van der Waals surface area (Å²) in [7, 11) is 0. The Morgan fingerprint density at radius 3 is 2.31 bits per heavy atom. The number of carbonyl (C=O) groups excluding carboxylic acids is 2. The number of hydrogen-bond donors (Lipinski definition) is 0. The van der Waals surface area contributed by atoms with E-state index in [1.165, 1.54) is 12.1 Å². The Kier molecular flexibility index (Phi) is 6.45. The van der Waals surface area contributed by atoms with E-state index in [4.69, 9.17) is 0 Å². The zero-order chi connectivity index (χ0) is 18.4. The van der Waals surface area contributed by atoms with Gasteiger partial charge in [0.2, 0.25) is 5.91 Å². The van der Waals surface area contributed by atoms with Crippen LogP contribution in [-0.2, 0) is 4.79 Å². The monoisotopic (exact) mass is 371 g/mol. The van der Waals surface area contributed by atoms with E-state index in [2.05, 4.69) is 0 Å². The lowest BCUT2D eigenvalue weighted by Gasteiger charge is -2.31. The molecule has 1 amide bonds. The summed E-state index contributed by atoms with van der Waals surface area (Å²) in [5.74, 6) is 0.746. The first kappa shape index (κ1) is 18.6. The third-order valence-corrected chi connectivity index (χ3v) is 5.69. The second-order valence-electron chi connectivity index (χ2n) is 6.44. The molecule has 0 N–H and O–H groups in total. The van der Waals surface area contributed by atoms with Crippen LogP contribution in [0.4, 0.5) is 4.39 Å². The molecule has 0 spiro atoms. The van der Waals surface area contributed by atoms with Crippen LogP contribution in [0, 0.1) is 11.7 Å². The smallest absolute Gasteiger partial charge is 0.223 e. The molecule has 5 heteroatoms. The molecule has 0 aliphatic carbocycles. The average Bonchev–Trinajstić information content (AvgIpc) is 2.69. The Hall–Kier alpha value is -2.14. The number of nitrogens with zero attached hydrogens (tertiary/aromatic N) is 1.